The number of hydrogen-bond donors (Lipinski definition) is 0. The number of carbonyl (C=O) groups is 1. The molecule has 1 aliphatic rings. The Morgan fingerprint density at radius 1 is 1.36 bits per heavy atom. The smallest absolute Gasteiger partial charge is 0.254 e. The number of pyridine rings is 1. The van der Waals surface area contributed by atoms with Crippen LogP contribution in [0.1, 0.15) is 23.2 Å². The normalized spacial score (nSPS) is 17.2. The van der Waals surface area contributed by atoms with Crippen LogP contribution in [0.3, 0.4) is 0 Å². The summed E-state index contributed by atoms with van der Waals surface area (Å²) < 4.78 is 24.0. The highest BCUT2D eigenvalue weighted by molar-refractivity contribution is 5.94. The third-order valence-corrected chi connectivity index (χ3v) is 4.28. The number of ether oxygens (including phenoxy) is 2. The number of methoxy groups -OCH3 is 1. The van der Waals surface area contributed by atoms with Gasteiger partial charge in [-0.3, -0.25) is 4.79 Å². The Labute approximate surface area is 146 Å². The van der Waals surface area contributed by atoms with E-state index in [1.54, 1.807) is 30.5 Å². The van der Waals surface area contributed by atoms with Gasteiger partial charge in [0.2, 0.25) is 5.88 Å². The third kappa shape index (κ3) is 4.47. The van der Waals surface area contributed by atoms with Crippen LogP contribution in [0.25, 0.3) is 0 Å². The van der Waals surface area contributed by atoms with Gasteiger partial charge in [-0.25, -0.2) is 9.37 Å². The summed E-state index contributed by atoms with van der Waals surface area (Å²) in [6.45, 7) is 1.81. The SMILES string of the molecule is COc1cc(C(=O)N2CCC[C@H](COc3cccc(F)c3)C2)ccn1. The van der Waals surface area contributed by atoms with Crippen molar-refractivity contribution in [2.24, 2.45) is 5.92 Å². The van der Waals surface area contributed by atoms with Crippen LogP contribution in [0.2, 0.25) is 0 Å². The molecule has 1 aromatic carbocycles. The molecule has 2 aromatic rings. The summed E-state index contributed by atoms with van der Waals surface area (Å²) >= 11 is 0. The van der Waals surface area contributed by atoms with E-state index in [-0.39, 0.29) is 17.6 Å². The molecule has 1 fully saturated rings. The van der Waals surface area contributed by atoms with Gasteiger partial charge >= 0.3 is 0 Å². The summed E-state index contributed by atoms with van der Waals surface area (Å²) in [5, 5.41) is 0. The first kappa shape index (κ1) is 17.2. The molecule has 5 nitrogen and oxygen atoms in total. The Morgan fingerprint density at radius 2 is 2.24 bits per heavy atom. The number of benzene rings is 1. The standard InChI is InChI=1S/C19H21FN2O3/c1-24-18-10-15(7-8-21-18)19(23)22-9-3-4-14(12-22)13-25-17-6-2-5-16(20)11-17/h2,5-8,10-11,14H,3-4,9,12-13H2,1H3/t14-/m0/s1. The number of piperidine rings is 1. The van der Waals surface area contributed by atoms with E-state index in [0.29, 0.717) is 30.3 Å². The van der Waals surface area contributed by atoms with Crippen molar-refractivity contribution in [3.8, 4) is 11.6 Å². The molecule has 0 saturated carbocycles. The molecule has 3 rings (SSSR count). The molecule has 1 atom stereocenters. The summed E-state index contributed by atoms with van der Waals surface area (Å²) in [6, 6.07) is 9.45. The van der Waals surface area contributed by atoms with Crippen molar-refractivity contribution in [3.05, 3.63) is 54.0 Å². The Morgan fingerprint density at radius 3 is 3.04 bits per heavy atom. The van der Waals surface area contributed by atoms with Crippen molar-refractivity contribution >= 4 is 5.91 Å². The third-order valence-electron chi connectivity index (χ3n) is 4.28. The van der Waals surface area contributed by atoms with Gasteiger partial charge in [-0.2, -0.15) is 0 Å². The Kier molecular flexibility index (Phi) is 5.48. The lowest BCUT2D eigenvalue weighted by Crippen LogP contribution is -2.41. The Bertz CT molecular complexity index is 738. The van der Waals surface area contributed by atoms with Crippen LogP contribution in [0, 0.1) is 11.7 Å². The van der Waals surface area contributed by atoms with E-state index in [1.807, 2.05) is 4.90 Å². The summed E-state index contributed by atoms with van der Waals surface area (Å²) in [6.07, 6.45) is 3.48. The first-order chi connectivity index (χ1) is 12.2. The monoisotopic (exact) mass is 344 g/mol. The van der Waals surface area contributed by atoms with Gasteiger partial charge in [-0.1, -0.05) is 6.07 Å². The van der Waals surface area contributed by atoms with Crippen LogP contribution in [0.4, 0.5) is 4.39 Å². The lowest BCUT2D eigenvalue weighted by molar-refractivity contribution is 0.0632. The van der Waals surface area contributed by atoms with Crippen LogP contribution in [-0.2, 0) is 0 Å². The summed E-state index contributed by atoms with van der Waals surface area (Å²) in [5.41, 5.74) is 0.568. The van der Waals surface area contributed by atoms with Gasteiger partial charge in [0.1, 0.15) is 11.6 Å². The average Bonchev–Trinajstić information content (AvgIpc) is 2.66. The molecule has 0 bridgehead atoms. The second-order valence-corrected chi connectivity index (χ2v) is 6.11. The van der Waals surface area contributed by atoms with E-state index in [2.05, 4.69) is 4.98 Å². The van der Waals surface area contributed by atoms with E-state index in [9.17, 15) is 9.18 Å². The molecule has 0 spiro atoms. The number of halogens is 1. The van der Waals surface area contributed by atoms with E-state index in [0.717, 1.165) is 19.4 Å². The van der Waals surface area contributed by atoms with Crippen LogP contribution >= 0.6 is 0 Å². The Hall–Kier alpha value is -2.63. The number of hydrogen-bond acceptors (Lipinski definition) is 4. The van der Waals surface area contributed by atoms with E-state index >= 15 is 0 Å². The maximum Gasteiger partial charge on any atom is 0.254 e. The number of nitrogens with zero attached hydrogens (tertiary/aromatic N) is 2. The quantitative estimate of drug-likeness (QED) is 0.836. The minimum Gasteiger partial charge on any atom is -0.493 e. The second-order valence-electron chi connectivity index (χ2n) is 6.11. The first-order valence-electron chi connectivity index (χ1n) is 8.33. The zero-order chi connectivity index (χ0) is 17.6. The summed E-state index contributed by atoms with van der Waals surface area (Å²) in [4.78, 5) is 18.5. The average molecular weight is 344 g/mol. The van der Waals surface area contributed by atoms with Gasteiger partial charge in [-0.05, 0) is 31.0 Å². The van der Waals surface area contributed by atoms with E-state index < -0.39 is 0 Å². The highest BCUT2D eigenvalue weighted by Gasteiger charge is 2.25. The maximum atomic E-state index is 13.2. The molecule has 6 heteroatoms. The zero-order valence-corrected chi connectivity index (χ0v) is 14.2. The van der Waals surface area contributed by atoms with Gasteiger partial charge in [0.25, 0.3) is 5.91 Å². The van der Waals surface area contributed by atoms with Crippen LogP contribution in [-0.4, -0.2) is 42.6 Å². The molecular weight excluding hydrogens is 323 g/mol. The molecule has 1 aromatic heterocycles. The Balaban J connectivity index is 1.59. The van der Waals surface area contributed by atoms with Crippen molar-refractivity contribution in [2.75, 3.05) is 26.8 Å². The van der Waals surface area contributed by atoms with Crippen LogP contribution in [0.15, 0.2) is 42.6 Å². The fourth-order valence-electron chi connectivity index (χ4n) is 2.99. The van der Waals surface area contributed by atoms with Crippen molar-refractivity contribution in [3.63, 3.8) is 0 Å². The highest BCUT2D eigenvalue weighted by atomic mass is 19.1. The molecule has 1 saturated heterocycles. The number of aromatic nitrogens is 1. The van der Waals surface area contributed by atoms with Gasteiger partial charge in [0.15, 0.2) is 0 Å². The number of likely N-dealkylation sites (tertiary alicyclic amines) is 1. The molecule has 1 aliphatic heterocycles. The minimum absolute atomic E-state index is 0.0313. The highest BCUT2D eigenvalue weighted by Crippen LogP contribution is 2.21. The molecule has 1 amide bonds. The summed E-state index contributed by atoms with van der Waals surface area (Å²) in [5.74, 6) is 0.821. The fraction of sp³-hybridized carbons (Fsp3) is 0.368. The molecule has 0 radical (unpaired) electrons. The predicted molar refractivity (Wildman–Crippen MR) is 91.3 cm³/mol. The van der Waals surface area contributed by atoms with Crippen molar-refractivity contribution in [1.29, 1.82) is 0 Å². The topological polar surface area (TPSA) is 51.7 Å². The van der Waals surface area contributed by atoms with E-state index in [1.165, 1.54) is 19.2 Å². The lowest BCUT2D eigenvalue weighted by Gasteiger charge is -2.32. The summed E-state index contributed by atoms with van der Waals surface area (Å²) in [7, 11) is 1.53. The van der Waals surface area contributed by atoms with Crippen LogP contribution in [0.5, 0.6) is 11.6 Å². The zero-order valence-electron chi connectivity index (χ0n) is 14.2. The molecule has 0 unspecified atom stereocenters. The molecular formula is C19H21FN2O3. The molecule has 132 valence electrons. The molecule has 2 heterocycles. The molecule has 0 aliphatic carbocycles. The van der Waals surface area contributed by atoms with Gasteiger partial charge in [-0.15, -0.1) is 0 Å². The predicted octanol–water partition coefficient (Wildman–Crippen LogP) is 3.16. The number of carbonyl (C=O) groups excluding carboxylic acids is 1. The van der Waals surface area contributed by atoms with Gasteiger partial charge in [0, 0.05) is 42.9 Å². The van der Waals surface area contributed by atoms with Crippen LogP contribution < -0.4 is 9.47 Å². The lowest BCUT2D eigenvalue weighted by atomic mass is 9.98. The van der Waals surface area contributed by atoms with Gasteiger partial charge < -0.3 is 14.4 Å². The largest absolute Gasteiger partial charge is 0.493 e. The van der Waals surface area contributed by atoms with E-state index in [4.69, 9.17) is 9.47 Å². The fourth-order valence-corrected chi connectivity index (χ4v) is 2.99. The van der Waals surface area contributed by atoms with Crippen molar-refractivity contribution in [1.82, 2.24) is 9.88 Å². The molecule has 0 N–H and O–H groups in total. The van der Waals surface area contributed by atoms with Gasteiger partial charge in [0.05, 0.1) is 13.7 Å². The van der Waals surface area contributed by atoms with Crippen molar-refractivity contribution < 1.29 is 18.7 Å². The first-order valence-corrected chi connectivity index (χ1v) is 8.33. The van der Waals surface area contributed by atoms with Crippen molar-refractivity contribution in [2.45, 2.75) is 12.8 Å². The molecule has 25 heavy (non-hydrogen) atoms. The second kappa shape index (κ2) is 7.96. The number of amides is 1. The maximum absolute atomic E-state index is 13.2. The minimum atomic E-state index is -0.315. The number of rotatable bonds is 5.